The van der Waals surface area contributed by atoms with Gasteiger partial charge in [-0.15, -0.1) is 0 Å². The van der Waals surface area contributed by atoms with Crippen molar-refractivity contribution >= 4 is 5.91 Å². The van der Waals surface area contributed by atoms with Crippen LogP contribution in [0.5, 0.6) is 0 Å². The maximum atomic E-state index is 11.3. The molecule has 1 amide bonds. The minimum absolute atomic E-state index is 0.0270. The lowest BCUT2D eigenvalue weighted by Crippen LogP contribution is -2.30. The van der Waals surface area contributed by atoms with Crippen LogP contribution >= 0.6 is 0 Å². The van der Waals surface area contributed by atoms with Crippen LogP contribution in [0.2, 0.25) is 0 Å². The molecule has 0 saturated heterocycles. The van der Waals surface area contributed by atoms with Gasteiger partial charge in [-0.3, -0.25) is 4.79 Å². The number of ether oxygens (including phenoxy) is 1. The van der Waals surface area contributed by atoms with E-state index in [9.17, 15) is 4.79 Å². The fraction of sp³-hybridized carbons (Fsp3) is 0.417. The molecule has 0 aliphatic carbocycles. The van der Waals surface area contributed by atoms with Crippen LogP contribution in [0.4, 0.5) is 0 Å². The second-order valence-corrected chi connectivity index (χ2v) is 3.34. The largest absolute Gasteiger partial charge is 0.372 e. The Morgan fingerprint density at radius 3 is 2.67 bits per heavy atom. The van der Waals surface area contributed by atoms with Crippen LogP contribution in [0.25, 0.3) is 0 Å². The highest BCUT2D eigenvalue weighted by Crippen LogP contribution is 2.10. The van der Waals surface area contributed by atoms with Crippen LogP contribution in [0.1, 0.15) is 25.5 Å². The zero-order chi connectivity index (χ0) is 11.1. The third-order valence-electron chi connectivity index (χ3n) is 2.11. The van der Waals surface area contributed by atoms with Gasteiger partial charge in [0.05, 0.1) is 6.04 Å². The lowest BCUT2D eigenvalue weighted by molar-refractivity contribution is -0.126. The second kappa shape index (κ2) is 6.19. The topological polar surface area (TPSA) is 38.3 Å². The van der Waals surface area contributed by atoms with Crippen LogP contribution in [0, 0.1) is 0 Å². The molecule has 0 radical (unpaired) electrons. The zero-order valence-corrected chi connectivity index (χ0v) is 9.19. The number of rotatable bonds is 5. The van der Waals surface area contributed by atoms with Crippen molar-refractivity contribution < 1.29 is 9.53 Å². The van der Waals surface area contributed by atoms with E-state index < -0.39 is 0 Å². The van der Waals surface area contributed by atoms with Crippen LogP contribution in [-0.4, -0.2) is 19.1 Å². The molecular formula is C12H17NO2. The first-order chi connectivity index (χ1) is 7.24. The van der Waals surface area contributed by atoms with Crippen molar-refractivity contribution in [1.29, 1.82) is 0 Å². The first-order valence-corrected chi connectivity index (χ1v) is 5.16. The van der Waals surface area contributed by atoms with Crippen molar-refractivity contribution in [2.75, 3.05) is 13.2 Å². The van der Waals surface area contributed by atoms with Crippen LogP contribution in [0.15, 0.2) is 30.3 Å². The Morgan fingerprint density at radius 2 is 2.07 bits per heavy atom. The Bertz CT molecular complexity index is 298. The molecule has 3 nitrogen and oxygen atoms in total. The normalized spacial score (nSPS) is 12.1. The molecule has 0 aliphatic rings. The summed E-state index contributed by atoms with van der Waals surface area (Å²) in [6, 6.07) is 9.88. The highest BCUT2D eigenvalue weighted by molar-refractivity contribution is 5.77. The molecule has 0 saturated carbocycles. The standard InChI is InChI=1S/C12H17NO2/c1-3-15-9-12(14)13-10(2)11-7-5-4-6-8-11/h4-8,10H,3,9H2,1-2H3,(H,13,14)/t10-/m1/s1. The molecular weight excluding hydrogens is 190 g/mol. The van der Waals surface area contributed by atoms with Gasteiger partial charge in [-0.25, -0.2) is 0 Å². The van der Waals surface area contributed by atoms with Gasteiger partial charge in [0, 0.05) is 6.61 Å². The molecule has 0 unspecified atom stereocenters. The molecule has 82 valence electrons. The van der Waals surface area contributed by atoms with Gasteiger partial charge in [0.1, 0.15) is 6.61 Å². The Morgan fingerprint density at radius 1 is 1.40 bits per heavy atom. The summed E-state index contributed by atoms with van der Waals surface area (Å²) in [5.41, 5.74) is 1.10. The Labute approximate surface area is 90.4 Å². The third-order valence-corrected chi connectivity index (χ3v) is 2.11. The molecule has 1 aromatic carbocycles. The van der Waals surface area contributed by atoms with Gasteiger partial charge < -0.3 is 10.1 Å². The predicted octanol–water partition coefficient (Wildman–Crippen LogP) is 1.90. The molecule has 0 bridgehead atoms. The lowest BCUT2D eigenvalue weighted by Gasteiger charge is -2.13. The van der Waals surface area contributed by atoms with Crippen LogP contribution in [0.3, 0.4) is 0 Å². The molecule has 1 atom stereocenters. The van der Waals surface area contributed by atoms with Gasteiger partial charge in [0.15, 0.2) is 0 Å². The summed E-state index contributed by atoms with van der Waals surface area (Å²) >= 11 is 0. The fourth-order valence-electron chi connectivity index (χ4n) is 1.30. The third kappa shape index (κ3) is 4.13. The highest BCUT2D eigenvalue weighted by atomic mass is 16.5. The zero-order valence-electron chi connectivity index (χ0n) is 9.19. The van der Waals surface area contributed by atoms with Gasteiger partial charge in [-0.1, -0.05) is 30.3 Å². The average molecular weight is 207 g/mol. The van der Waals surface area contributed by atoms with Gasteiger partial charge in [-0.2, -0.15) is 0 Å². The quantitative estimate of drug-likeness (QED) is 0.800. The summed E-state index contributed by atoms with van der Waals surface area (Å²) in [6.45, 7) is 4.52. The summed E-state index contributed by atoms with van der Waals surface area (Å²) in [6.07, 6.45) is 0. The summed E-state index contributed by atoms with van der Waals surface area (Å²) in [5.74, 6) is -0.0757. The van der Waals surface area contributed by atoms with E-state index in [0.29, 0.717) is 6.61 Å². The SMILES string of the molecule is CCOCC(=O)N[C@H](C)c1ccccc1. The molecule has 15 heavy (non-hydrogen) atoms. The predicted molar refractivity (Wildman–Crippen MR) is 59.5 cm³/mol. The van der Waals surface area contributed by atoms with Gasteiger partial charge in [0.2, 0.25) is 5.91 Å². The van der Waals surface area contributed by atoms with E-state index in [0.717, 1.165) is 5.56 Å². The average Bonchev–Trinajstić information content (AvgIpc) is 2.27. The number of hydrogen-bond donors (Lipinski definition) is 1. The molecule has 0 aromatic heterocycles. The molecule has 1 N–H and O–H groups in total. The minimum Gasteiger partial charge on any atom is -0.372 e. The first-order valence-electron chi connectivity index (χ1n) is 5.16. The maximum Gasteiger partial charge on any atom is 0.246 e. The monoisotopic (exact) mass is 207 g/mol. The van der Waals surface area contributed by atoms with Gasteiger partial charge in [0.25, 0.3) is 0 Å². The highest BCUT2D eigenvalue weighted by Gasteiger charge is 2.08. The number of benzene rings is 1. The molecule has 0 fully saturated rings. The van der Waals surface area contributed by atoms with E-state index in [1.54, 1.807) is 0 Å². The molecule has 0 spiro atoms. The van der Waals surface area contributed by atoms with E-state index in [4.69, 9.17) is 4.74 Å². The van der Waals surface area contributed by atoms with E-state index in [1.807, 2.05) is 44.2 Å². The number of carbonyl (C=O) groups excluding carboxylic acids is 1. The van der Waals surface area contributed by atoms with E-state index >= 15 is 0 Å². The van der Waals surface area contributed by atoms with E-state index in [-0.39, 0.29) is 18.6 Å². The van der Waals surface area contributed by atoms with E-state index in [1.165, 1.54) is 0 Å². The molecule has 1 rings (SSSR count). The number of nitrogens with one attached hydrogen (secondary N) is 1. The fourth-order valence-corrected chi connectivity index (χ4v) is 1.30. The molecule has 0 heterocycles. The number of hydrogen-bond acceptors (Lipinski definition) is 2. The summed E-state index contributed by atoms with van der Waals surface area (Å²) in [7, 11) is 0. The Kier molecular flexibility index (Phi) is 4.84. The van der Waals surface area contributed by atoms with Crippen molar-refractivity contribution in [2.24, 2.45) is 0 Å². The van der Waals surface area contributed by atoms with Crippen molar-refractivity contribution in [2.45, 2.75) is 19.9 Å². The van der Waals surface area contributed by atoms with Gasteiger partial charge >= 0.3 is 0 Å². The summed E-state index contributed by atoms with van der Waals surface area (Å²) in [5, 5.41) is 2.87. The van der Waals surface area contributed by atoms with Crippen molar-refractivity contribution in [3.05, 3.63) is 35.9 Å². The maximum absolute atomic E-state index is 11.3. The van der Waals surface area contributed by atoms with Gasteiger partial charge in [-0.05, 0) is 19.4 Å². The van der Waals surface area contributed by atoms with Crippen LogP contribution < -0.4 is 5.32 Å². The minimum atomic E-state index is -0.0757. The number of carbonyl (C=O) groups is 1. The molecule has 3 heteroatoms. The van der Waals surface area contributed by atoms with Crippen molar-refractivity contribution in [1.82, 2.24) is 5.32 Å². The Hall–Kier alpha value is -1.35. The summed E-state index contributed by atoms with van der Waals surface area (Å²) in [4.78, 5) is 11.3. The van der Waals surface area contributed by atoms with Crippen molar-refractivity contribution in [3.63, 3.8) is 0 Å². The first kappa shape index (κ1) is 11.7. The second-order valence-electron chi connectivity index (χ2n) is 3.34. The lowest BCUT2D eigenvalue weighted by atomic mass is 10.1. The number of amides is 1. The molecule has 1 aromatic rings. The summed E-state index contributed by atoms with van der Waals surface area (Å²) < 4.78 is 5.02. The van der Waals surface area contributed by atoms with Crippen molar-refractivity contribution in [3.8, 4) is 0 Å². The van der Waals surface area contributed by atoms with Crippen LogP contribution in [-0.2, 0) is 9.53 Å². The Balaban J connectivity index is 2.42. The molecule has 0 aliphatic heterocycles. The smallest absolute Gasteiger partial charge is 0.246 e. The van der Waals surface area contributed by atoms with E-state index in [2.05, 4.69) is 5.32 Å².